The summed E-state index contributed by atoms with van der Waals surface area (Å²) in [5.74, 6) is -0.151. The minimum atomic E-state index is -0.309. The molecule has 0 radical (unpaired) electrons. The first-order chi connectivity index (χ1) is 8.49. The quantitative estimate of drug-likeness (QED) is 0.849. The van der Waals surface area contributed by atoms with Crippen molar-refractivity contribution in [3.63, 3.8) is 0 Å². The molecule has 3 unspecified atom stereocenters. The lowest BCUT2D eigenvalue weighted by atomic mass is 9.95. The van der Waals surface area contributed by atoms with Crippen LogP contribution in [0.4, 0.5) is 4.39 Å². The Kier molecular flexibility index (Phi) is 3.88. The molecular formula is C14H21FN2O. The molecule has 3 nitrogen and oxygen atoms in total. The first-order valence-electron chi connectivity index (χ1n) is 6.48. The summed E-state index contributed by atoms with van der Waals surface area (Å²) in [6, 6.07) is 4.73. The number of nitrogens with zero attached hydrogens (tertiary/aromatic N) is 1. The van der Waals surface area contributed by atoms with Gasteiger partial charge in [-0.15, -0.1) is 0 Å². The third kappa shape index (κ3) is 2.65. The Balaban J connectivity index is 2.20. The molecule has 18 heavy (non-hydrogen) atoms. The molecule has 0 spiro atoms. The first kappa shape index (κ1) is 13.3. The van der Waals surface area contributed by atoms with Crippen molar-refractivity contribution < 1.29 is 9.50 Å². The summed E-state index contributed by atoms with van der Waals surface area (Å²) >= 11 is 0. The number of rotatable bonds is 2. The summed E-state index contributed by atoms with van der Waals surface area (Å²) in [7, 11) is 0. The normalized spacial score (nSPS) is 27.1. The largest absolute Gasteiger partial charge is 0.508 e. The van der Waals surface area contributed by atoms with Crippen LogP contribution < -0.4 is 5.73 Å². The molecule has 3 N–H and O–H groups in total. The zero-order valence-electron chi connectivity index (χ0n) is 10.9. The monoisotopic (exact) mass is 252 g/mol. The molecule has 1 fully saturated rings. The molecule has 0 aliphatic carbocycles. The van der Waals surface area contributed by atoms with E-state index < -0.39 is 0 Å². The molecule has 2 rings (SSSR count). The lowest BCUT2D eigenvalue weighted by molar-refractivity contribution is 0.103. The van der Waals surface area contributed by atoms with Crippen LogP contribution in [-0.4, -0.2) is 28.6 Å². The zero-order chi connectivity index (χ0) is 13.3. The van der Waals surface area contributed by atoms with Crippen molar-refractivity contribution in [1.29, 1.82) is 0 Å². The van der Waals surface area contributed by atoms with Crippen LogP contribution in [0.15, 0.2) is 18.2 Å². The standard InChI is InChI=1S/C14H21FN2O/c1-9-7-12(16)5-6-17(9)10(2)13-8-11(15)3-4-14(13)18/h3-4,8-10,12,18H,5-7,16H2,1-2H3. The molecule has 3 atom stereocenters. The van der Waals surface area contributed by atoms with Gasteiger partial charge in [-0.3, -0.25) is 4.90 Å². The third-order valence-corrected chi connectivity index (χ3v) is 3.91. The highest BCUT2D eigenvalue weighted by molar-refractivity contribution is 5.35. The summed E-state index contributed by atoms with van der Waals surface area (Å²) in [6.07, 6.45) is 1.89. The van der Waals surface area contributed by atoms with E-state index in [4.69, 9.17) is 5.73 Å². The van der Waals surface area contributed by atoms with Gasteiger partial charge in [-0.25, -0.2) is 4.39 Å². The van der Waals surface area contributed by atoms with E-state index >= 15 is 0 Å². The van der Waals surface area contributed by atoms with Gasteiger partial charge in [0, 0.05) is 30.2 Å². The van der Waals surface area contributed by atoms with Crippen molar-refractivity contribution in [3.05, 3.63) is 29.6 Å². The van der Waals surface area contributed by atoms with E-state index in [0.717, 1.165) is 19.4 Å². The van der Waals surface area contributed by atoms with Crippen molar-refractivity contribution in [2.45, 2.75) is 44.8 Å². The maximum absolute atomic E-state index is 13.3. The second-order valence-electron chi connectivity index (χ2n) is 5.25. The summed E-state index contributed by atoms with van der Waals surface area (Å²) < 4.78 is 13.3. The Morgan fingerprint density at radius 2 is 2.22 bits per heavy atom. The van der Waals surface area contributed by atoms with Gasteiger partial charge in [-0.1, -0.05) is 0 Å². The molecule has 0 amide bonds. The van der Waals surface area contributed by atoms with Gasteiger partial charge in [-0.05, 0) is 44.9 Å². The van der Waals surface area contributed by atoms with E-state index in [1.54, 1.807) is 0 Å². The van der Waals surface area contributed by atoms with Gasteiger partial charge in [0.25, 0.3) is 0 Å². The zero-order valence-corrected chi connectivity index (χ0v) is 10.9. The highest BCUT2D eigenvalue weighted by Crippen LogP contribution is 2.32. The number of likely N-dealkylation sites (tertiary alicyclic amines) is 1. The van der Waals surface area contributed by atoms with Crippen LogP contribution in [-0.2, 0) is 0 Å². The fourth-order valence-corrected chi connectivity index (χ4v) is 2.84. The highest BCUT2D eigenvalue weighted by Gasteiger charge is 2.28. The Labute approximate surface area is 107 Å². The number of hydrogen-bond acceptors (Lipinski definition) is 3. The second kappa shape index (κ2) is 5.24. The number of halogens is 1. The van der Waals surface area contributed by atoms with Gasteiger partial charge in [0.15, 0.2) is 0 Å². The molecule has 4 heteroatoms. The second-order valence-corrected chi connectivity index (χ2v) is 5.25. The van der Waals surface area contributed by atoms with Crippen LogP contribution in [0, 0.1) is 5.82 Å². The fourth-order valence-electron chi connectivity index (χ4n) is 2.84. The van der Waals surface area contributed by atoms with Crippen molar-refractivity contribution in [1.82, 2.24) is 4.90 Å². The fraction of sp³-hybridized carbons (Fsp3) is 0.571. The van der Waals surface area contributed by atoms with Crippen molar-refractivity contribution in [2.75, 3.05) is 6.54 Å². The van der Waals surface area contributed by atoms with Gasteiger partial charge >= 0.3 is 0 Å². The molecule has 0 bridgehead atoms. The van der Waals surface area contributed by atoms with Crippen LogP contribution in [0.2, 0.25) is 0 Å². The van der Waals surface area contributed by atoms with Crippen LogP contribution in [0.3, 0.4) is 0 Å². The number of nitrogens with two attached hydrogens (primary N) is 1. The topological polar surface area (TPSA) is 49.5 Å². The number of phenols is 1. The highest BCUT2D eigenvalue weighted by atomic mass is 19.1. The average molecular weight is 252 g/mol. The van der Waals surface area contributed by atoms with Crippen molar-refractivity contribution in [2.24, 2.45) is 5.73 Å². The smallest absolute Gasteiger partial charge is 0.123 e. The van der Waals surface area contributed by atoms with E-state index in [9.17, 15) is 9.50 Å². The van der Waals surface area contributed by atoms with Crippen LogP contribution >= 0.6 is 0 Å². The molecule has 100 valence electrons. The molecule has 0 saturated carbocycles. The van der Waals surface area contributed by atoms with E-state index in [1.165, 1.54) is 18.2 Å². The Hall–Kier alpha value is -1.13. The number of aromatic hydroxyl groups is 1. The van der Waals surface area contributed by atoms with Gasteiger partial charge in [0.2, 0.25) is 0 Å². The third-order valence-electron chi connectivity index (χ3n) is 3.91. The van der Waals surface area contributed by atoms with E-state index in [-0.39, 0.29) is 23.7 Å². The number of hydrogen-bond donors (Lipinski definition) is 2. The SMILES string of the molecule is CC1CC(N)CCN1C(C)c1cc(F)ccc1O. The first-order valence-corrected chi connectivity index (χ1v) is 6.48. The molecule has 1 heterocycles. The Morgan fingerprint density at radius 1 is 1.50 bits per heavy atom. The lowest BCUT2D eigenvalue weighted by Gasteiger charge is -2.40. The molecular weight excluding hydrogens is 231 g/mol. The number of piperidine rings is 1. The van der Waals surface area contributed by atoms with Crippen molar-refractivity contribution >= 4 is 0 Å². The lowest BCUT2D eigenvalue weighted by Crippen LogP contribution is -2.46. The maximum atomic E-state index is 13.3. The van der Waals surface area contributed by atoms with E-state index in [0.29, 0.717) is 11.6 Å². The minimum absolute atomic E-state index is 0.00296. The van der Waals surface area contributed by atoms with Crippen LogP contribution in [0.1, 0.15) is 38.3 Å². The molecule has 1 aliphatic rings. The molecule has 1 saturated heterocycles. The van der Waals surface area contributed by atoms with Crippen molar-refractivity contribution in [3.8, 4) is 5.75 Å². The Morgan fingerprint density at radius 3 is 2.89 bits per heavy atom. The van der Waals surface area contributed by atoms with Gasteiger partial charge in [0.1, 0.15) is 11.6 Å². The molecule has 1 aromatic rings. The maximum Gasteiger partial charge on any atom is 0.123 e. The van der Waals surface area contributed by atoms with E-state index in [1.807, 2.05) is 6.92 Å². The summed E-state index contributed by atoms with van der Waals surface area (Å²) in [5.41, 5.74) is 6.59. The predicted octanol–water partition coefficient (Wildman–Crippen LogP) is 2.40. The summed E-state index contributed by atoms with van der Waals surface area (Å²) in [6.45, 7) is 5.02. The van der Waals surface area contributed by atoms with Gasteiger partial charge in [-0.2, -0.15) is 0 Å². The Bertz CT molecular complexity index is 424. The van der Waals surface area contributed by atoms with Gasteiger partial charge in [0.05, 0.1) is 0 Å². The summed E-state index contributed by atoms with van der Waals surface area (Å²) in [5, 5.41) is 9.86. The molecule has 1 aliphatic heterocycles. The molecule has 0 aromatic heterocycles. The molecule has 1 aromatic carbocycles. The van der Waals surface area contributed by atoms with Crippen LogP contribution in [0.25, 0.3) is 0 Å². The van der Waals surface area contributed by atoms with E-state index in [2.05, 4.69) is 11.8 Å². The van der Waals surface area contributed by atoms with Crippen LogP contribution in [0.5, 0.6) is 5.75 Å². The number of phenolic OH excluding ortho intramolecular Hbond substituents is 1. The minimum Gasteiger partial charge on any atom is -0.508 e. The predicted molar refractivity (Wildman–Crippen MR) is 69.9 cm³/mol. The van der Waals surface area contributed by atoms with Gasteiger partial charge < -0.3 is 10.8 Å². The number of benzene rings is 1. The summed E-state index contributed by atoms with van der Waals surface area (Å²) in [4.78, 5) is 2.28. The average Bonchev–Trinajstić information content (AvgIpc) is 2.31.